The molecule has 1 saturated heterocycles. The first-order valence-electron chi connectivity index (χ1n) is 8.55. The van der Waals surface area contributed by atoms with Crippen molar-refractivity contribution in [2.45, 2.75) is 63.8 Å². The van der Waals surface area contributed by atoms with Crippen molar-refractivity contribution in [3.8, 4) is 0 Å². The average Bonchev–Trinajstić information content (AvgIpc) is 2.93. The molecule has 0 N–H and O–H groups in total. The van der Waals surface area contributed by atoms with Gasteiger partial charge >= 0.3 is 0 Å². The van der Waals surface area contributed by atoms with Crippen LogP contribution in [0.25, 0.3) is 0 Å². The SMILES string of the molecule is CCN(c1cc([C@@H]2CCOC2)ncn1)C1CCCCCC1. The van der Waals surface area contributed by atoms with Crippen LogP contribution < -0.4 is 4.90 Å². The second-order valence-electron chi connectivity index (χ2n) is 6.29. The van der Waals surface area contributed by atoms with Crippen molar-refractivity contribution in [3.05, 3.63) is 18.1 Å². The maximum absolute atomic E-state index is 5.50. The van der Waals surface area contributed by atoms with Gasteiger partial charge in [0.05, 0.1) is 12.3 Å². The van der Waals surface area contributed by atoms with Crippen LogP contribution >= 0.6 is 0 Å². The van der Waals surface area contributed by atoms with Gasteiger partial charge in [0.25, 0.3) is 0 Å². The molecule has 2 aliphatic rings. The fourth-order valence-electron chi connectivity index (χ4n) is 3.69. The summed E-state index contributed by atoms with van der Waals surface area (Å²) in [4.78, 5) is 11.5. The number of aromatic nitrogens is 2. The van der Waals surface area contributed by atoms with Crippen molar-refractivity contribution in [3.63, 3.8) is 0 Å². The van der Waals surface area contributed by atoms with E-state index < -0.39 is 0 Å². The van der Waals surface area contributed by atoms with Crippen molar-refractivity contribution in [2.24, 2.45) is 0 Å². The molecular formula is C17H27N3O. The van der Waals surface area contributed by atoms with E-state index in [1.165, 1.54) is 38.5 Å². The molecule has 1 aliphatic heterocycles. The normalized spacial score (nSPS) is 24.0. The Morgan fingerprint density at radius 2 is 1.95 bits per heavy atom. The molecule has 0 spiro atoms. The lowest BCUT2D eigenvalue weighted by Gasteiger charge is -2.31. The fourth-order valence-corrected chi connectivity index (χ4v) is 3.69. The van der Waals surface area contributed by atoms with Gasteiger partial charge in [-0.3, -0.25) is 0 Å². The maximum Gasteiger partial charge on any atom is 0.132 e. The molecule has 1 aliphatic carbocycles. The second-order valence-corrected chi connectivity index (χ2v) is 6.29. The van der Waals surface area contributed by atoms with Gasteiger partial charge in [0.15, 0.2) is 0 Å². The predicted molar refractivity (Wildman–Crippen MR) is 84.7 cm³/mol. The monoisotopic (exact) mass is 289 g/mol. The van der Waals surface area contributed by atoms with E-state index in [1.807, 2.05) is 0 Å². The summed E-state index contributed by atoms with van der Waals surface area (Å²) in [6.45, 7) is 4.95. The van der Waals surface area contributed by atoms with E-state index in [-0.39, 0.29) is 0 Å². The smallest absolute Gasteiger partial charge is 0.132 e. The first-order valence-corrected chi connectivity index (χ1v) is 8.55. The summed E-state index contributed by atoms with van der Waals surface area (Å²) in [5.41, 5.74) is 1.16. The van der Waals surface area contributed by atoms with Crippen LogP contribution in [0.2, 0.25) is 0 Å². The van der Waals surface area contributed by atoms with Gasteiger partial charge in [-0.2, -0.15) is 0 Å². The lowest BCUT2D eigenvalue weighted by molar-refractivity contribution is 0.193. The van der Waals surface area contributed by atoms with Gasteiger partial charge in [0.2, 0.25) is 0 Å². The van der Waals surface area contributed by atoms with Crippen LogP contribution in [-0.2, 0) is 4.74 Å². The zero-order valence-corrected chi connectivity index (χ0v) is 13.1. The molecule has 21 heavy (non-hydrogen) atoms. The molecule has 1 aromatic heterocycles. The maximum atomic E-state index is 5.50. The summed E-state index contributed by atoms with van der Waals surface area (Å²) >= 11 is 0. The molecule has 0 aromatic carbocycles. The number of hydrogen-bond acceptors (Lipinski definition) is 4. The molecule has 4 heteroatoms. The standard InChI is InChI=1S/C17H27N3O/c1-2-20(15-7-5-3-4-6-8-15)17-11-16(18-13-19-17)14-9-10-21-12-14/h11,13-15H,2-10,12H2,1H3/t14-/m1/s1. The van der Waals surface area contributed by atoms with Crippen LogP contribution in [0.15, 0.2) is 12.4 Å². The highest BCUT2D eigenvalue weighted by Crippen LogP contribution is 2.28. The van der Waals surface area contributed by atoms with Gasteiger partial charge in [-0.25, -0.2) is 9.97 Å². The third-order valence-electron chi connectivity index (χ3n) is 4.92. The Kier molecular flexibility index (Phi) is 5.07. The lowest BCUT2D eigenvalue weighted by atomic mass is 10.0. The van der Waals surface area contributed by atoms with Gasteiger partial charge < -0.3 is 9.64 Å². The molecule has 2 heterocycles. The predicted octanol–water partition coefficient (Wildman–Crippen LogP) is 3.53. The molecule has 1 aromatic rings. The van der Waals surface area contributed by atoms with Crippen LogP contribution in [-0.4, -0.2) is 35.8 Å². The summed E-state index contributed by atoms with van der Waals surface area (Å²) in [6, 6.07) is 2.85. The summed E-state index contributed by atoms with van der Waals surface area (Å²) < 4.78 is 5.50. The summed E-state index contributed by atoms with van der Waals surface area (Å²) in [6.07, 6.45) is 10.9. The van der Waals surface area contributed by atoms with Crippen LogP contribution in [0.1, 0.15) is 63.5 Å². The van der Waals surface area contributed by atoms with Crippen molar-refractivity contribution in [1.29, 1.82) is 0 Å². The highest BCUT2D eigenvalue weighted by Gasteiger charge is 2.23. The number of nitrogens with zero attached hydrogens (tertiary/aromatic N) is 3. The molecule has 2 fully saturated rings. The van der Waals surface area contributed by atoms with E-state index in [9.17, 15) is 0 Å². The van der Waals surface area contributed by atoms with E-state index in [0.717, 1.165) is 37.7 Å². The summed E-state index contributed by atoms with van der Waals surface area (Å²) in [7, 11) is 0. The van der Waals surface area contributed by atoms with Crippen molar-refractivity contribution < 1.29 is 4.74 Å². The molecular weight excluding hydrogens is 262 g/mol. The Hall–Kier alpha value is -1.16. The second kappa shape index (κ2) is 7.21. The number of hydrogen-bond donors (Lipinski definition) is 0. The molecule has 116 valence electrons. The Labute approximate surface area is 127 Å². The molecule has 0 amide bonds. The van der Waals surface area contributed by atoms with Crippen molar-refractivity contribution in [1.82, 2.24) is 9.97 Å². The third-order valence-corrected chi connectivity index (χ3v) is 4.92. The Balaban J connectivity index is 1.77. The minimum absolute atomic E-state index is 0.458. The van der Waals surface area contributed by atoms with E-state index in [4.69, 9.17) is 4.74 Å². The first kappa shape index (κ1) is 14.8. The molecule has 1 atom stereocenters. The van der Waals surface area contributed by atoms with E-state index in [2.05, 4.69) is 27.9 Å². The Bertz CT molecular complexity index is 437. The number of anilines is 1. The molecule has 0 unspecified atom stereocenters. The van der Waals surface area contributed by atoms with E-state index in [0.29, 0.717) is 12.0 Å². The number of rotatable bonds is 4. The topological polar surface area (TPSA) is 38.2 Å². The molecule has 0 bridgehead atoms. The van der Waals surface area contributed by atoms with E-state index >= 15 is 0 Å². The largest absolute Gasteiger partial charge is 0.381 e. The highest BCUT2D eigenvalue weighted by molar-refractivity contribution is 5.41. The van der Waals surface area contributed by atoms with Gasteiger partial charge in [0, 0.05) is 31.2 Å². The van der Waals surface area contributed by atoms with Crippen molar-refractivity contribution >= 4 is 5.82 Å². The van der Waals surface area contributed by atoms with Gasteiger partial charge in [-0.1, -0.05) is 25.7 Å². The minimum Gasteiger partial charge on any atom is -0.381 e. The third kappa shape index (κ3) is 3.54. The zero-order valence-electron chi connectivity index (χ0n) is 13.1. The Morgan fingerprint density at radius 3 is 2.62 bits per heavy atom. The quantitative estimate of drug-likeness (QED) is 0.795. The molecule has 1 saturated carbocycles. The lowest BCUT2D eigenvalue weighted by Crippen LogP contribution is -2.35. The van der Waals surface area contributed by atoms with Gasteiger partial charge in [0.1, 0.15) is 12.1 Å². The molecule has 4 nitrogen and oxygen atoms in total. The first-order chi connectivity index (χ1) is 10.4. The minimum atomic E-state index is 0.458. The van der Waals surface area contributed by atoms with Crippen molar-refractivity contribution in [2.75, 3.05) is 24.7 Å². The van der Waals surface area contributed by atoms with E-state index in [1.54, 1.807) is 6.33 Å². The van der Waals surface area contributed by atoms with Gasteiger partial charge in [-0.05, 0) is 26.2 Å². The molecule has 3 rings (SSSR count). The summed E-state index contributed by atoms with van der Waals surface area (Å²) in [5.74, 6) is 1.57. The van der Waals surface area contributed by atoms with Crippen LogP contribution in [0.4, 0.5) is 5.82 Å². The van der Waals surface area contributed by atoms with Crippen LogP contribution in [0.5, 0.6) is 0 Å². The number of ether oxygens (including phenoxy) is 1. The summed E-state index contributed by atoms with van der Waals surface area (Å²) in [5, 5.41) is 0. The zero-order chi connectivity index (χ0) is 14.5. The van der Waals surface area contributed by atoms with Crippen LogP contribution in [0.3, 0.4) is 0 Å². The Morgan fingerprint density at radius 1 is 1.14 bits per heavy atom. The van der Waals surface area contributed by atoms with Crippen LogP contribution in [0, 0.1) is 0 Å². The fraction of sp³-hybridized carbons (Fsp3) is 0.765. The van der Waals surface area contributed by atoms with Gasteiger partial charge in [-0.15, -0.1) is 0 Å². The molecule has 0 radical (unpaired) electrons. The highest BCUT2D eigenvalue weighted by atomic mass is 16.5. The average molecular weight is 289 g/mol.